The standard InChI is InChI=1S/C19H17ClF2N2O3/c20-18-6-5-17(26-18)16-8-14(27-23-16)10-24(19(25)11-1-2-11)9-12-3-4-13(21)7-15(12)22/h3-7,11,14H,1-2,8-10H2/t14-/m0/s1. The van der Waals surface area contributed by atoms with E-state index < -0.39 is 11.6 Å². The van der Waals surface area contributed by atoms with E-state index in [0.717, 1.165) is 18.9 Å². The third-order valence-electron chi connectivity index (χ3n) is 4.63. The van der Waals surface area contributed by atoms with Crippen LogP contribution in [0.3, 0.4) is 0 Å². The summed E-state index contributed by atoms with van der Waals surface area (Å²) in [6.07, 6.45) is 1.75. The van der Waals surface area contributed by atoms with Crippen LogP contribution in [0.5, 0.6) is 0 Å². The third kappa shape index (κ3) is 4.13. The molecule has 2 heterocycles. The minimum atomic E-state index is -0.668. The molecule has 27 heavy (non-hydrogen) atoms. The SMILES string of the molecule is O=C(C1CC1)N(Cc1ccc(F)cc1F)C[C@@H]1CC(c2ccc(Cl)o2)=NO1. The zero-order valence-electron chi connectivity index (χ0n) is 14.3. The lowest BCUT2D eigenvalue weighted by Gasteiger charge is -2.25. The largest absolute Gasteiger partial charge is 0.443 e. The van der Waals surface area contributed by atoms with Crippen molar-refractivity contribution >= 4 is 23.2 Å². The summed E-state index contributed by atoms with van der Waals surface area (Å²) >= 11 is 5.78. The van der Waals surface area contributed by atoms with Crippen LogP contribution in [0.25, 0.3) is 0 Å². The Morgan fingerprint density at radius 1 is 1.26 bits per heavy atom. The summed E-state index contributed by atoms with van der Waals surface area (Å²) in [5.74, 6) is -0.869. The predicted molar refractivity (Wildman–Crippen MR) is 94.2 cm³/mol. The minimum absolute atomic E-state index is 0.0285. The van der Waals surface area contributed by atoms with Crippen LogP contribution in [-0.4, -0.2) is 29.2 Å². The molecule has 142 valence electrons. The molecule has 1 aliphatic heterocycles. The molecule has 5 nitrogen and oxygen atoms in total. The molecule has 0 bridgehead atoms. The van der Waals surface area contributed by atoms with Crippen LogP contribution < -0.4 is 0 Å². The summed E-state index contributed by atoms with van der Waals surface area (Å²) < 4.78 is 32.5. The number of nitrogens with zero attached hydrogens (tertiary/aromatic N) is 2. The van der Waals surface area contributed by atoms with E-state index in [1.807, 2.05) is 0 Å². The number of amides is 1. The van der Waals surface area contributed by atoms with E-state index >= 15 is 0 Å². The van der Waals surface area contributed by atoms with Gasteiger partial charge in [-0.2, -0.15) is 0 Å². The van der Waals surface area contributed by atoms with Crippen molar-refractivity contribution in [3.05, 3.63) is 58.5 Å². The maximum atomic E-state index is 14.0. The van der Waals surface area contributed by atoms with Gasteiger partial charge in [-0.25, -0.2) is 8.78 Å². The van der Waals surface area contributed by atoms with Crippen LogP contribution in [0, 0.1) is 17.6 Å². The van der Waals surface area contributed by atoms with Gasteiger partial charge in [0.05, 0.1) is 6.54 Å². The first-order chi connectivity index (χ1) is 13.0. The van der Waals surface area contributed by atoms with Gasteiger partial charge < -0.3 is 14.2 Å². The normalized spacial score (nSPS) is 18.9. The van der Waals surface area contributed by atoms with E-state index in [-0.39, 0.29) is 41.8 Å². The van der Waals surface area contributed by atoms with Crippen molar-refractivity contribution in [2.45, 2.75) is 31.9 Å². The molecule has 4 rings (SSSR count). The van der Waals surface area contributed by atoms with E-state index in [0.29, 0.717) is 17.9 Å². The second-order valence-electron chi connectivity index (χ2n) is 6.80. The van der Waals surface area contributed by atoms with Gasteiger partial charge in [0.15, 0.2) is 17.1 Å². The molecular weight excluding hydrogens is 378 g/mol. The Morgan fingerprint density at radius 3 is 2.74 bits per heavy atom. The van der Waals surface area contributed by atoms with E-state index in [1.165, 1.54) is 12.1 Å². The molecule has 1 aromatic heterocycles. The first-order valence-corrected chi connectivity index (χ1v) is 9.08. The second-order valence-corrected chi connectivity index (χ2v) is 7.17. The van der Waals surface area contributed by atoms with Crippen LogP contribution in [0.2, 0.25) is 5.22 Å². The van der Waals surface area contributed by atoms with Crippen molar-refractivity contribution in [3.63, 3.8) is 0 Å². The molecule has 0 radical (unpaired) electrons. The summed E-state index contributed by atoms with van der Waals surface area (Å²) in [4.78, 5) is 19.6. The lowest BCUT2D eigenvalue weighted by Crippen LogP contribution is -2.38. The Morgan fingerprint density at radius 2 is 2.07 bits per heavy atom. The minimum Gasteiger partial charge on any atom is -0.443 e. The topological polar surface area (TPSA) is 55.0 Å². The fourth-order valence-electron chi connectivity index (χ4n) is 3.06. The zero-order valence-corrected chi connectivity index (χ0v) is 15.1. The average molecular weight is 395 g/mol. The summed E-state index contributed by atoms with van der Waals surface area (Å²) in [7, 11) is 0. The Kier molecular flexibility index (Phi) is 4.86. The molecular formula is C19H17ClF2N2O3. The number of carbonyl (C=O) groups excluding carboxylic acids is 1. The van der Waals surface area contributed by atoms with Crippen LogP contribution in [-0.2, 0) is 16.2 Å². The molecule has 1 amide bonds. The van der Waals surface area contributed by atoms with E-state index in [1.54, 1.807) is 17.0 Å². The zero-order chi connectivity index (χ0) is 19.0. The molecule has 0 spiro atoms. The Hall–Kier alpha value is -2.41. The number of carbonyl (C=O) groups is 1. The van der Waals surface area contributed by atoms with Crippen molar-refractivity contribution < 1.29 is 22.8 Å². The van der Waals surface area contributed by atoms with Crippen LogP contribution in [0.1, 0.15) is 30.6 Å². The quantitative estimate of drug-likeness (QED) is 0.739. The number of benzene rings is 1. The van der Waals surface area contributed by atoms with Gasteiger partial charge in [0.25, 0.3) is 0 Å². The maximum absolute atomic E-state index is 14.0. The van der Waals surface area contributed by atoms with Crippen LogP contribution in [0.4, 0.5) is 8.78 Å². The molecule has 0 saturated heterocycles. The van der Waals surface area contributed by atoms with Crippen molar-refractivity contribution in [2.24, 2.45) is 11.1 Å². The second kappa shape index (κ2) is 7.31. The highest BCUT2D eigenvalue weighted by atomic mass is 35.5. The molecule has 1 fully saturated rings. The van der Waals surface area contributed by atoms with Crippen molar-refractivity contribution in [2.75, 3.05) is 6.54 Å². The Labute approximate surface area is 159 Å². The number of furan rings is 1. The van der Waals surface area contributed by atoms with Crippen molar-refractivity contribution in [3.8, 4) is 0 Å². The first kappa shape index (κ1) is 18.0. The van der Waals surface area contributed by atoms with Crippen LogP contribution >= 0.6 is 11.6 Å². The molecule has 2 aromatic rings. The predicted octanol–water partition coefficient (Wildman–Crippen LogP) is 4.14. The highest BCUT2D eigenvalue weighted by Gasteiger charge is 2.36. The lowest BCUT2D eigenvalue weighted by molar-refractivity contribution is -0.135. The molecule has 8 heteroatoms. The van der Waals surface area contributed by atoms with Gasteiger partial charge in [0.2, 0.25) is 5.91 Å². The molecule has 2 aliphatic rings. The van der Waals surface area contributed by atoms with E-state index in [4.69, 9.17) is 20.9 Å². The number of hydrogen-bond acceptors (Lipinski definition) is 4. The molecule has 1 atom stereocenters. The van der Waals surface area contributed by atoms with Gasteiger partial charge in [0, 0.05) is 30.5 Å². The number of hydrogen-bond donors (Lipinski definition) is 0. The first-order valence-electron chi connectivity index (χ1n) is 8.70. The van der Waals surface area contributed by atoms with Gasteiger partial charge in [-0.05, 0) is 42.6 Å². The lowest BCUT2D eigenvalue weighted by atomic mass is 10.1. The van der Waals surface area contributed by atoms with Gasteiger partial charge >= 0.3 is 0 Å². The van der Waals surface area contributed by atoms with E-state index in [2.05, 4.69) is 5.16 Å². The third-order valence-corrected chi connectivity index (χ3v) is 4.83. The highest BCUT2D eigenvalue weighted by molar-refractivity contribution is 6.29. The molecule has 0 unspecified atom stereocenters. The number of halogens is 3. The highest BCUT2D eigenvalue weighted by Crippen LogP contribution is 2.32. The summed E-state index contributed by atoms with van der Waals surface area (Å²) in [5, 5.41) is 4.27. The van der Waals surface area contributed by atoms with Crippen LogP contribution in [0.15, 0.2) is 39.9 Å². The van der Waals surface area contributed by atoms with Gasteiger partial charge in [-0.15, -0.1) is 0 Å². The maximum Gasteiger partial charge on any atom is 0.226 e. The van der Waals surface area contributed by atoms with Crippen molar-refractivity contribution in [1.29, 1.82) is 0 Å². The summed E-state index contributed by atoms with van der Waals surface area (Å²) in [6, 6.07) is 6.69. The molecule has 1 aromatic carbocycles. The smallest absolute Gasteiger partial charge is 0.226 e. The number of oxime groups is 1. The molecule has 1 saturated carbocycles. The fraction of sp³-hybridized carbons (Fsp3) is 0.368. The number of rotatable bonds is 6. The van der Waals surface area contributed by atoms with Gasteiger partial charge in [-0.3, -0.25) is 4.79 Å². The van der Waals surface area contributed by atoms with Gasteiger partial charge in [0.1, 0.15) is 17.3 Å². The van der Waals surface area contributed by atoms with E-state index in [9.17, 15) is 13.6 Å². The summed E-state index contributed by atoms with van der Waals surface area (Å²) in [5.41, 5.74) is 0.876. The fourth-order valence-corrected chi connectivity index (χ4v) is 3.21. The monoisotopic (exact) mass is 394 g/mol. The Bertz CT molecular complexity index is 895. The molecule has 0 N–H and O–H groups in total. The average Bonchev–Trinajstić information content (AvgIpc) is 3.23. The summed E-state index contributed by atoms with van der Waals surface area (Å²) in [6.45, 7) is 0.316. The van der Waals surface area contributed by atoms with Gasteiger partial charge in [-0.1, -0.05) is 11.2 Å². The van der Waals surface area contributed by atoms with Crippen molar-refractivity contribution in [1.82, 2.24) is 4.90 Å². The Balaban J connectivity index is 1.45. The molecule has 1 aliphatic carbocycles.